The van der Waals surface area contributed by atoms with Crippen molar-refractivity contribution in [1.82, 2.24) is 4.31 Å². The van der Waals surface area contributed by atoms with E-state index in [2.05, 4.69) is 5.32 Å². The van der Waals surface area contributed by atoms with Gasteiger partial charge in [-0.3, -0.25) is 4.79 Å². The zero-order valence-electron chi connectivity index (χ0n) is 14.1. The second kappa shape index (κ2) is 7.34. The van der Waals surface area contributed by atoms with Crippen LogP contribution in [-0.2, 0) is 10.0 Å². The van der Waals surface area contributed by atoms with Crippen molar-refractivity contribution in [2.24, 2.45) is 0 Å². The largest absolute Gasteiger partial charge is 0.319 e. The van der Waals surface area contributed by atoms with E-state index in [1.54, 1.807) is 13.0 Å². The Morgan fingerprint density at radius 2 is 1.85 bits per heavy atom. The van der Waals surface area contributed by atoms with Gasteiger partial charge in [0.2, 0.25) is 10.0 Å². The van der Waals surface area contributed by atoms with Crippen LogP contribution < -0.4 is 5.32 Å². The van der Waals surface area contributed by atoms with Gasteiger partial charge in [-0.1, -0.05) is 17.7 Å². The number of rotatable bonds is 4. The van der Waals surface area contributed by atoms with Crippen molar-refractivity contribution in [3.63, 3.8) is 0 Å². The maximum Gasteiger partial charge on any atom is 0.257 e. The average Bonchev–Trinajstić information content (AvgIpc) is 3.13. The van der Waals surface area contributed by atoms with Crippen molar-refractivity contribution in [2.75, 3.05) is 18.4 Å². The van der Waals surface area contributed by atoms with Crippen molar-refractivity contribution < 1.29 is 17.6 Å². The number of anilines is 1. The van der Waals surface area contributed by atoms with Gasteiger partial charge in [-0.15, -0.1) is 0 Å². The molecule has 0 unspecified atom stereocenters. The Hall–Kier alpha value is -1.96. The maximum atomic E-state index is 13.9. The maximum absolute atomic E-state index is 13.9. The molecule has 1 amide bonds. The molecule has 2 aromatic rings. The topological polar surface area (TPSA) is 66.5 Å². The average molecular weight is 397 g/mol. The first-order valence-corrected chi connectivity index (χ1v) is 9.98. The SMILES string of the molecule is Cc1ccc(F)c(NC(=O)c2cc(S(=O)(=O)N3CCCC3)ccc2Cl)c1. The van der Waals surface area contributed by atoms with E-state index in [1.165, 1.54) is 34.6 Å². The fraction of sp³-hybridized carbons (Fsp3) is 0.278. The smallest absolute Gasteiger partial charge is 0.257 e. The molecule has 3 rings (SSSR count). The predicted octanol–water partition coefficient (Wildman–Crippen LogP) is 3.82. The van der Waals surface area contributed by atoms with Crippen LogP contribution in [-0.4, -0.2) is 31.7 Å². The zero-order chi connectivity index (χ0) is 18.9. The number of sulfonamides is 1. The lowest BCUT2D eigenvalue weighted by atomic mass is 10.2. The van der Waals surface area contributed by atoms with Crippen LogP contribution in [0, 0.1) is 12.7 Å². The molecule has 8 heteroatoms. The van der Waals surface area contributed by atoms with Gasteiger partial charge in [0.15, 0.2) is 0 Å². The third-order valence-electron chi connectivity index (χ3n) is 4.26. The van der Waals surface area contributed by atoms with Gasteiger partial charge in [0, 0.05) is 13.1 Å². The van der Waals surface area contributed by atoms with E-state index in [1.807, 2.05) is 0 Å². The molecule has 1 aliphatic rings. The first-order valence-electron chi connectivity index (χ1n) is 8.16. The van der Waals surface area contributed by atoms with Crippen LogP contribution in [0.25, 0.3) is 0 Å². The molecule has 0 atom stereocenters. The Bertz CT molecular complexity index is 957. The minimum atomic E-state index is -3.68. The highest BCUT2D eigenvalue weighted by Crippen LogP contribution is 2.26. The molecule has 0 spiro atoms. The van der Waals surface area contributed by atoms with Crippen LogP contribution in [0.5, 0.6) is 0 Å². The Morgan fingerprint density at radius 1 is 1.15 bits per heavy atom. The highest BCUT2D eigenvalue weighted by molar-refractivity contribution is 7.89. The van der Waals surface area contributed by atoms with E-state index in [4.69, 9.17) is 11.6 Å². The lowest BCUT2D eigenvalue weighted by Gasteiger charge is -2.16. The Morgan fingerprint density at radius 3 is 2.54 bits per heavy atom. The van der Waals surface area contributed by atoms with Crippen LogP contribution in [0.15, 0.2) is 41.3 Å². The normalized spacial score (nSPS) is 15.2. The summed E-state index contributed by atoms with van der Waals surface area (Å²) in [5, 5.41) is 2.54. The standard InChI is InChI=1S/C18H18ClFN2O3S/c1-12-4-7-16(20)17(10-12)21-18(23)14-11-13(5-6-15(14)19)26(24,25)22-8-2-3-9-22/h4-7,10-11H,2-3,8-9H2,1H3,(H,21,23). The van der Waals surface area contributed by atoms with Gasteiger partial charge in [0.25, 0.3) is 5.91 Å². The van der Waals surface area contributed by atoms with Crippen molar-refractivity contribution in [3.8, 4) is 0 Å². The summed E-state index contributed by atoms with van der Waals surface area (Å²) in [5.41, 5.74) is 0.768. The van der Waals surface area contributed by atoms with Gasteiger partial charge >= 0.3 is 0 Å². The van der Waals surface area contributed by atoms with E-state index in [0.717, 1.165) is 18.4 Å². The summed E-state index contributed by atoms with van der Waals surface area (Å²) >= 11 is 6.08. The second-order valence-electron chi connectivity index (χ2n) is 6.19. The lowest BCUT2D eigenvalue weighted by molar-refractivity contribution is 0.102. The number of carbonyl (C=O) groups is 1. The fourth-order valence-corrected chi connectivity index (χ4v) is 4.59. The number of halogens is 2. The molecule has 1 N–H and O–H groups in total. The van der Waals surface area contributed by atoms with Crippen LogP contribution >= 0.6 is 11.6 Å². The second-order valence-corrected chi connectivity index (χ2v) is 8.54. The van der Waals surface area contributed by atoms with Gasteiger partial charge in [-0.25, -0.2) is 12.8 Å². The van der Waals surface area contributed by atoms with Crippen LogP contribution in [0.4, 0.5) is 10.1 Å². The minimum Gasteiger partial charge on any atom is -0.319 e. The summed E-state index contributed by atoms with van der Waals surface area (Å²) in [6.45, 7) is 2.69. The summed E-state index contributed by atoms with van der Waals surface area (Å²) in [4.78, 5) is 12.5. The molecule has 26 heavy (non-hydrogen) atoms. The Balaban J connectivity index is 1.92. The molecule has 1 aliphatic heterocycles. The quantitative estimate of drug-likeness (QED) is 0.854. The van der Waals surface area contributed by atoms with Crippen molar-refractivity contribution in [3.05, 3.63) is 58.4 Å². The number of benzene rings is 2. The monoisotopic (exact) mass is 396 g/mol. The number of hydrogen-bond acceptors (Lipinski definition) is 3. The molecule has 1 heterocycles. The molecular weight excluding hydrogens is 379 g/mol. The summed E-state index contributed by atoms with van der Waals surface area (Å²) in [6.07, 6.45) is 1.62. The zero-order valence-corrected chi connectivity index (χ0v) is 15.7. The highest BCUT2D eigenvalue weighted by Gasteiger charge is 2.28. The lowest BCUT2D eigenvalue weighted by Crippen LogP contribution is -2.28. The number of nitrogens with zero attached hydrogens (tertiary/aromatic N) is 1. The van der Waals surface area contributed by atoms with E-state index in [-0.39, 0.29) is 21.2 Å². The number of aryl methyl sites for hydroxylation is 1. The third kappa shape index (κ3) is 3.75. The third-order valence-corrected chi connectivity index (χ3v) is 6.48. The van der Waals surface area contributed by atoms with E-state index in [9.17, 15) is 17.6 Å². The summed E-state index contributed by atoms with van der Waals surface area (Å²) < 4.78 is 40.6. The van der Waals surface area contributed by atoms with Gasteiger partial charge in [0.1, 0.15) is 5.82 Å². The molecule has 0 radical (unpaired) electrons. The minimum absolute atomic E-state index is 0.00124. The summed E-state index contributed by atoms with van der Waals surface area (Å²) in [6, 6.07) is 8.30. The van der Waals surface area contributed by atoms with Crippen molar-refractivity contribution >= 4 is 33.2 Å². The molecule has 0 bridgehead atoms. The number of amides is 1. The van der Waals surface area contributed by atoms with Crippen LogP contribution in [0.2, 0.25) is 5.02 Å². The fourth-order valence-electron chi connectivity index (χ4n) is 2.84. The molecule has 1 fully saturated rings. The summed E-state index contributed by atoms with van der Waals surface area (Å²) in [5.74, 6) is -1.25. The number of carbonyl (C=O) groups excluding carboxylic acids is 1. The molecule has 0 aromatic heterocycles. The van der Waals surface area contributed by atoms with Crippen LogP contribution in [0.3, 0.4) is 0 Å². The first-order chi connectivity index (χ1) is 12.3. The molecule has 0 saturated carbocycles. The van der Waals surface area contributed by atoms with Crippen LogP contribution in [0.1, 0.15) is 28.8 Å². The molecular formula is C18H18ClFN2O3S. The Labute approximate surface area is 156 Å². The molecule has 1 saturated heterocycles. The molecule has 2 aromatic carbocycles. The van der Waals surface area contributed by atoms with Crippen molar-refractivity contribution in [2.45, 2.75) is 24.7 Å². The van der Waals surface area contributed by atoms with Crippen molar-refractivity contribution in [1.29, 1.82) is 0 Å². The van der Waals surface area contributed by atoms with Gasteiger partial charge < -0.3 is 5.32 Å². The molecule has 0 aliphatic carbocycles. The van der Waals surface area contributed by atoms with E-state index >= 15 is 0 Å². The highest BCUT2D eigenvalue weighted by atomic mass is 35.5. The molecule has 5 nitrogen and oxygen atoms in total. The Kier molecular flexibility index (Phi) is 5.32. The van der Waals surface area contributed by atoms with Gasteiger partial charge in [0.05, 0.1) is 21.2 Å². The summed E-state index contributed by atoms with van der Waals surface area (Å²) in [7, 11) is -3.68. The van der Waals surface area contributed by atoms with Gasteiger partial charge in [-0.2, -0.15) is 4.31 Å². The number of hydrogen-bond donors (Lipinski definition) is 1. The van der Waals surface area contributed by atoms with Gasteiger partial charge in [-0.05, 0) is 55.7 Å². The van der Waals surface area contributed by atoms with E-state index < -0.39 is 21.7 Å². The number of nitrogens with one attached hydrogen (secondary N) is 1. The first kappa shape index (κ1) is 18.8. The van der Waals surface area contributed by atoms with E-state index in [0.29, 0.717) is 13.1 Å². The predicted molar refractivity (Wildman–Crippen MR) is 98.5 cm³/mol. The molecule has 138 valence electrons.